The van der Waals surface area contributed by atoms with E-state index in [0.29, 0.717) is 17.0 Å². The van der Waals surface area contributed by atoms with E-state index in [-0.39, 0.29) is 18.9 Å². The molecule has 3 heterocycles. The summed E-state index contributed by atoms with van der Waals surface area (Å²) in [5.41, 5.74) is 6.97. The van der Waals surface area contributed by atoms with Gasteiger partial charge in [-0.15, -0.1) is 0 Å². The molecule has 0 spiro atoms. The van der Waals surface area contributed by atoms with Gasteiger partial charge in [-0.3, -0.25) is 4.57 Å². The SMILES string of the molecule is CO.Nc1ncnc2c1ncn2C1CCC(CO)O1. The first kappa shape index (κ1) is 13.7. The Morgan fingerprint density at radius 2 is 2.16 bits per heavy atom. The van der Waals surface area contributed by atoms with E-state index in [2.05, 4.69) is 15.0 Å². The lowest BCUT2D eigenvalue weighted by atomic mass is 10.2. The summed E-state index contributed by atoms with van der Waals surface area (Å²) in [6, 6.07) is 0. The average molecular weight is 267 g/mol. The number of ether oxygens (including phenoxy) is 1. The number of aromatic nitrogens is 4. The van der Waals surface area contributed by atoms with Gasteiger partial charge in [0.25, 0.3) is 0 Å². The Balaban J connectivity index is 0.000000637. The molecule has 2 unspecified atom stereocenters. The quantitative estimate of drug-likeness (QED) is 0.682. The van der Waals surface area contributed by atoms with Crippen LogP contribution in [-0.2, 0) is 4.74 Å². The Kier molecular flexibility index (Phi) is 4.25. The highest BCUT2D eigenvalue weighted by atomic mass is 16.5. The van der Waals surface area contributed by atoms with Crippen LogP contribution in [0.25, 0.3) is 11.2 Å². The van der Waals surface area contributed by atoms with Crippen molar-refractivity contribution >= 4 is 17.0 Å². The van der Waals surface area contributed by atoms with Gasteiger partial charge in [-0.05, 0) is 12.8 Å². The minimum Gasteiger partial charge on any atom is -0.400 e. The summed E-state index contributed by atoms with van der Waals surface area (Å²) in [7, 11) is 1.00. The summed E-state index contributed by atoms with van der Waals surface area (Å²) in [6.07, 6.45) is 4.50. The number of nitrogens with zero attached hydrogens (tertiary/aromatic N) is 4. The fraction of sp³-hybridized carbons (Fsp3) is 0.545. The summed E-state index contributed by atoms with van der Waals surface area (Å²) in [6.45, 7) is 0.0419. The molecule has 0 bridgehead atoms. The summed E-state index contributed by atoms with van der Waals surface area (Å²) >= 11 is 0. The van der Waals surface area contributed by atoms with Crippen LogP contribution in [0, 0.1) is 0 Å². The molecule has 8 nitrogen and oxygen atoms in total. The van der Waals surface area contributed by atoms with Gasteiger partial charge < -0.3 is 20.7 Å². The van der Waals surface area contributed by atoms with E-state index in [1.165, 1.54) is 6.33 Å². The zero-order valence-electron chi connectivity index (χ0n) is 10.6. The molecular formula is C11H17N5O3. The summed E-state index contributed by atoms with van der Waals surface area (Å²) < 4.78 is 7.51. The molecule has 1 aliphatic heterocycles. The monoisotopic (exact) mass is 267 g/mol. The minimum atomic E-state index is -0.133. The second kappa shape index (κ2) is 5.91. The van der Waals surface area contributed by atoms with Gasteiger partial charge in [0.1, 0.15) is 18.1 Å². The molecule has 2 atom stereocenters. The molecule has 8 heteroatoms. The Labute approximate surface area is 109 Å². The van der Waals surface area contributed by atoms with Crippen LogP contribution >= 0.6 is 0 Å². The Morgan fingerprint density at radius 3 is 2.84 bits per heavy atom. The van der Waals surface area contributed by atoms with Crippen LogP contribution < -0.4 is 5.73 Å². The Morgan fingerprint density at radius 1 is 1.37 bits per heavy atom. The van der Waals surface area contributed by atoms with Crippen molar-refractivity contribution < 1.29 is 14.9 Å². The summed E-state index contributed by atoms with van der Waals surface area (Å²) in [4.78, 5) is 12.2. The molecule has 0 aliphatic carbocycles. The zero-order chi connectivity index (χ0) is 13.8. The number of rotatable bonds is 2. The van der Waals surface area contributed by atoms with Crippen LogP contribution in [0.2, 0.25) is 0 Å². The molecule has 2 aromatic rings. The number of nitrogens with two attached hydrogens (primary N) is 1. The third kappa shape index (κ3) is 2.50. The topological polar surface area (TPSA) is 119 Å². The zero-order valence-corrected chi connectivity index (χ0v) is 10.6. The number of imidazole rings is 1. The summed E-state index contributed by atoms with van der Waals surface area (Å²) in [5, 5.41) is 16.0. The highest BCUT2D eigenvalue weighted by molar-refractivity contribution is 5.81. The predicted octanol–water partition coefficient (Wildman–Crippen LogP) is -0.313. The van der Waals surface area contributed by atoms with E-state index in [9.17, 15) is 0 Å². The van der Waals surface area contributed by atoms with Gasteiger partial charge in [0.2, 0.25) is 0 Å². The fourth-order valence-electron chi connectivity index (χ4n) is 2.11. The number of nitrogen functional groups attached to an aromatic ring is 1. The van der Waals surface area contributed by atoms with Crippen molar-refractivity contribution in [3.8, 4) is 0 Å². The molecule has 0 amide bonds. The molecule has 0 saturated carbocycles. The van der Waals surface area contributed by atoms with E-state index in [4.69, 9.17) is 20.7 Å². The van der Waals surface area contributed by atoms with Crippen LogP contribution in [-0.4, -0.2) is 49.6 Å². The standard InChI is InChI=1S/C10H13N5O2.CH4O/c11-9-8-10(13-4-12-9)15(5-14-8)7-2-1-6(3-16)17-7;1-2/h4-7,16H,1-3H2,(H2,11,12,13);2H,1H3. The van der Waals surface area contributed by atoms with Crippen molar-refractivity contribution in [1.29, 1.82) is 0 Å². The molecular weight excluding hydrogens is 250 g/mol. The second-order valence-corrected chi connectivity index (χ2v) is 4.06. The van der Waals surface area contributed by atoms with Gasteiger partial charge in [0.05, 0.1) is 19.0 Å². The smallest absolute Gasteiger partial charge is 0.167 e. The van der Waals surface area contributed by atoms with Crippen molar-refractivity contribution in [1.82, 2.24) is 19.5 Å². The first-order valence-corrected chi connectivity index (χ1v) is 5.93. The normalized spacial score (nSPS) is 22.3. The molecule has 1 saturated heterocycles. The van der Waals surface area contributed by atoms with E-state index >= 15 is 0 Å². The van der Waals surface area contributed by atoms with Crippen molar-refractivity contribution in [2.24, 2.45) is 0 Å². The molecule has 1 aliphatic rings. The molecule has 1 fully saturated rings. The first-order valence-electron chi connectivity index (χ1n) is 5.93. The van der Waals surface area contributed by atoms with Crippen LogP contribution in [0.1, 0.15) is 19.1 Å². The summed E-state index contributed by atoms with van der Waals surface area (Å²) in [5.74, 6) is 0.366. The van der Waals surface area contributed by atoms with E-state index < -0.39 is 0 Å². The number of aliphatic hydroxyl groups is 2. The predicted molar refractivity (Wildman–Crippen MR) is 68.1 cm³/mol. The van der Waals surface area contributed by atoms with E-state index in [1.807, 2.05) is 4.57 Å². The van der Waals surface area contributed by atoms with Gasteiger partial charge in [-0.2, -0.15) is 0 Å². The van der Waals surface area contributed by atoms with Crippen molar-refractivity contribution in [3.63, 3.8) is 0 Å². The van der Waals surface area contributed by atoms with Crippen LogP contribution in [0.4, 0.5) is 5.82 Å². The Hall–Kier alpha value is -1.77. The Bertz CT molecular complexity index is 544. The second-order valence-electron chi connectivity index (χ2n) is 4.06. The van der Waals surface area contributed by atoms with Crippen LogP contribution in [0.5, 0.6) is 0 Å². The minimum absolute atomic E-state index is 0.0419. The average Bonchev–Trinajstić information content (AvgIpc) is 3.07. The largest absolute Gasteiger partial charge is 0.400 e. The lowest BCUT2D eigenvalue weighted by molar-refractivity contribution is -0.0207. The highest BCUT2D eigenvalue weighted by Crippen LogP contribution is 2.30. The maximum atomic E-state index is 9.04. The van der Waals surface area contributed by atoms with Gasteiger partial charge in [0.15, 0.2) is 11.5 Å². The third-order valence-corrected chi connectivity index (χ3v) is 2.99. The fourth-order valence-corrected chi connectivity index (χ4v) is 2.11. The molecule has 3 rings (SSSR count). The van der Waals surface area contributed by atoms with E-state index in [0.717, 1.165) is 20.0 Å². The molecule has 104 valence electrons. The lowest BCUT2D eigenvalue weighted by Gasteiger charge is -2.13. The molecule has 0 radical (unpaired) electrons. The first-order chi connectivity index (χ1) is 9.29. The molecule has 4 N–H and O–H groups in total. The molecule has 19 heavy (non-hydrogen) atoms. The van der Waals surface area contributed by atoms with Gasteiger partial charge in [-0.25, -0.2) is 15.0 Å². The highest BCUT2D eigenvalue weighted by Gasteiger charge is 2.27. The van der Waals surface area contributed by atoms with Gasteiger partial charge >= 0.3 is 0 Å². The van der Waals surface area contributed by atoms with Gasteiger partial charge in [0, 0.05) is 7.11 Å². The maximum Gasteiger partial charge on any atom is 0.167 e. The lowest BCUT2D eigenvalue weighted by Crippen LogP contribution is -2.14. The van der Waals surface area contributed by atoms with Crippen molar-refractivity contribution in [2.75, 3.05) is 19.5 Å². The maximum absolute atomic E-state index is 9.04. The molecule has 2 aromatic heterocycles. The van der Waals surface area contributed by atoms with Crippen LogP contribution in [0.3, 0.4) is 0 Å². The van der Waals surface area contributed by atoms with Crippen molar-refractivity contribution in [2.45, 2.75) is 25.2 Å². The van der Waals surface area contributed by atoms with E-state index in [1.54, 1.807) is 6.33 Å². The molecule has 0 aromatic carbocycles. The van der Waals surface area contributed by atoms with Crippen LogP contribution in [0.15, 0.2) is 12.7 Å². The number of aliphatic hydroxyl groups excluding tert-OH is 2. The third-order valence-electron chi connectivity index (χ3n) is 2.99. The van der Waals surface area contributed by atoms with Crippen molar-refractivity contribution in [3.05, 3.63) is 12.7 Å². The number of fused-ring (bicyclic) bond motifs is 1. The van der Waals surface area contributed by atoms with Gasteiger partial charge in [-0.1, -0.05) is 0 Å². The number of hydrogen-bond donors (Lipinski definition) is 3. The number of anilines is 1. The number of hydrogen-bond acceptors (Lipinski definition) is 7.